The summed E-state index contributed by atoms with van der Waals surface area (Å²) < 4.78 is 11.2. The van der Waals surface area contributed by atoms with Crippen molar-refractivity contribution in [1.82, 2.24) is 4.90 Å². The number of nitrogens with one attached hydrogen (secondary N) is 1. The monoisotopic (exact) mass is 498 g/mol. The molecule has 2 fully saturated rings. The fourth-order valence-electron chi connectivity index (χ4n) is 3.86. The lowest BCUT2D eigenvalue weighted by Gasteiger charge is -2.20. The smallest absolute Gasteiger partial charge is 0.271 e. The number of rotatable bonds is 9. The summed E-state index contributed by atoms with van der Waals surface area (Å²) >= 11 is 1.24. The predicted octanol–water partition coefficient (Wildman–Crippen LogP) is 4.13. The second-order valence-electron chi connectivity index (χ2n) is 8.07. The van der Waals surface area contributed by atoms with Gasteiger partial charge in [-0.05, 0) is 50.1 Å². The number of anilines is 1. The lowest BCUT2D eigenvalue weighted by Crippen LogP contribution is -2.38. The third kappa shape index (κ3) is 6.37. The topological polar surface area (TPSA) is 123 Å². The summed E-state index contributed by atoms with van der Waals surface area (Å²) in [5.41, 5.74) is 0.851. The van der Waals surface area contributed by atoms with E-state index < -0.39 is 16.1 Å². The van der Waals surface area contributed by atoms with Crippen LogP contribution >= 0.6 is 11.8 Å². The molecule has 0 aliphatic carbocycles. The maximum atomic E-state index is 13.2. The van der Waals surface area contributed by atoms with Crippen molar-refractivity contribution in [2.75, 3.05) is 25.1 Å². The summed E-state index contributed by atoms with van der Waals surface area (Å²) in [5.74, 6) is 0.124. The van der Waals surface area contributed by atoms with Crippen LogP contribution in [0.3, 0.4) is 0 Å². The molecule has 2 aliphatic rings. The molecule has 0 aromatic heterocycles. The maximum absolute atomic E-state index is 13.2. The molecule has 2 aliphatic heterocycles. The molecule has 0 spiro atoms. The van der Waals surface area contributed by atoms with Gasteiger partial charge < -0.3 is 14.8 Å². The molecule has 35 heavy (non-hydrogen) atoms. The Balaban J connectivity index is 1.48. The Morgan fingerprint density at radius 1 is 1.31 bits per heavy atom. The Bertz CT molecular complexity index is 1120. The first-order valence-electron chi connectivity index (χ1n) is 11.4. The predicted molar refractivity (Wildman–Crippen MR) is 133 cm³/mol. The van der Waals surface area contributed by atoms with Crippen molar-refractivity contribution in [3.05, 3.63) is 58.6 Å². The van der Waals surface area contributed by atoms with E-state index >= 15 is 0 Å². The largest absolute Gasteiger partial charge is 0.494 e. The number of hydrogen-bond donors (Lipinski definition) is 1. The lowest BCUT2D eigenvalue weighted by molar-refractivity contribution is -0.384. The number of thioether (sulfide) groups is 1. The van der Waals surface area contributed by atoms with Gasteiger partial charge in [0.1, 0.15) is 11.0 Å². The molecular weight excluding hydrogens is 472 g/mol. The van der Waals surface area contributed by atoms with Gasteiger partial charge in [-0.3, -0.25) is 24.6 Å². The molecule has 2 unspecified atom stereocenters. The van der Waals surface area contributed by atoms with E-state index in [2.05, 4.69) is 10.3 Å². The van der Waals surface area contributed by atoms with Crippen LogP contribution in [0, 0.1) is 10.1 Å². The molecule has 2 saturated heterocycles. The van der Waals surface area contributed by atoms with Gasteiger partial charge in [0, 0.05) is 30.8 Å². The molecule has 1 N–H and O–H groups in total. The van der Waals surface area contributed by atoms with Gasteiger partial charge in [0.15, 0.2) is 5.17 Å². The number of hydrogen-bond acceptors (Lipinski definition) is 8. The molecule has 2 aromatic rings. The zero-order valence-electron chi connectivity index (χ0n) is 19.2. The summed E-state index contributed by atoms with van der Waals surface area (Å²) in [6.45, 7) is 3.52. The highest BCUT2D eigenvalue weighted by atomic mass is 32.2. The van der Waals surface area contributed by atoms with E-state index in [-0.39, 0.29) is 24.1 Å². The standard InChI is InChI=1S/C24H26N4O6S/c1-2-33-19-10-8-16(9-11-19)26-24-27(15-20-7-4-12-34-20)23(30)21(35-24)14-22(29)25-17-5-3-6-18(13-17)28(31)32/h3,5-6,8-11,13,20-21H,2,4,7,12,14-15H2,1H3,(H,25,29). The summed E-state index contributed by atoms with van der Waals surface area (Å²) in [4.78, 5) is 42.6. The summed E-state index contributed by atoms with van der Waals surface area (Å²) in [6.07, 6.45) is 1.65. The zero-order chi connectivity index (χ0) is 24.8. The Labute approximate surface area is 206 Å². The summed E-state index contributed by atoms with van der Waals surface area (Å²) in [7, 11) is 0. The van der Waals surface area contributed by atoms with Crippen molar-refractivity contribution in [3.8, 4) is 5.75 Å². The van der Waals surface area contributed by atoms with Crippen LogP contribution in [0.15, 0.2) is 53.5 Å². The number of aliphatic imine (C=N–C) groups is 1. The van der Waals surface area contributed by atoms with E-state index in [4.69, 9.17) is 9.47 Å². The third-order valence-electron chi connectivity index (χ3n) is 5.51. The number of amidine groups is 1. The van der Waals surface area contributed by atoms with Crippen molar-refractivity contribution in [2.24, 2.45) is 4.99 Å². The van der Waals surface area contributed by atoms with Gasteiger partial charge >= 0.3 is 0 Å². The van der Waals surface area contributed by atoms with Crippen LogP contribution < -0.4 is 10.1 Å². The van der Waals surface area contributed by atoms with Gasteiger partial charge in [0.05, 0.1) is 29.9 Å². The molecule has 2 atom stereocenters. The van der Waals surface area contributed by atoms with Crippen LogP contribution in [-0.2, 0) is 14.3 Å². The molecule has 2 amide bonds. The van der Waals surface area contributed by atoms with E-state index in [1.54, 1.807) is 11.0 Å². The van der Waals surface area contributed by atoms with E-state index in [1.807, 2.05) is 31.2 Å². The van der Waals surface area contributed by atoms with Crippen LogP contribution in [0.5, 0.6) is 5.75 Å². The van der Waals surface area contributed by atoms with Gasteiger partial charge in [0.25, 0.3) is 5.69 Å². The van der Waals surface area contributed by atoms with Crippen LogP contribution in [0.2, 0.25) is 0 Å². The van der Waals surface area contributed by atoms with Gasteiger partial charge in [-0.25, -0.2) is 4.99 Å². The minimum atomic E-state index is -0.656. The second kappa shape index (κ2) is 11.3. The minimum Gasteiger partial charge on any atom is -0.494 e. The number of carbonyl (C=O) groups is 2. The van der Waals surface area contributed by atoms with E-state index in [0.717, 1.165) is 18.6 Å². The number of ether oxygens (including phenoxy) is 2. The molecule has 2 heterocycles. The molecular formula is C24H26N4O6S. The van der Waals surface area contributed by atoms with Crippen molar-refractivity contribution >= 4 is 45.8 Å². The lowest BCUT2D eigenvalue weighted by atomic mass is 10.2. The van der Waals surface area contributed by atoms with Gasteiger partial charge in [-0.2, -0.15) is 0 Å². The van der Waals surface area contributed by atoms with E-state index in [1.165, 1.54) is 30.0 Å². The number of benzene rings is 2. The molecule has 11 heteroatoms. The highest BCUT2D eigenvalue weighted by Crippen LogP contribution is 2.33. The Morgan fingerprint density at radius 3 is 2.80 bits per heavy atom. The van der Waals surface area contributed by atoms with E-state index in [9.17, 15) is 19.7 Å². The van der Waals surface area contributed by atoms with Gasteiger partial charge in [-0.1, -0.05) is 17.8 Å². The maximum Gasteiger partial charge on any atom is 0.271 e. The first-order valence-corrected chi connectivity index (χ1v) is 12.3. The molecule has 184 valence electrons. The molecule has 2 aromatic carbocycles. The quantitative estimate of drug-likeness (QED) is 0.407. The number of non-ortho nitro benzene ring substituents is 1. The molecule has 0 saturated carbocycles. The zero-order valence-corrected chi connectivity index (χ0v) is 20.0. The highest BCUT2D eigenvalue weighted by Gasteiger charge is 2.40. The average Bonchev–Trinajstić information content (AvgIpc) is 3.45. The van der Waals surface area contributed by atoms with Crippen LogP contribution in [-0.4, -0.2) is 57.9 Å². The van der Waals surface area contributed by atoms with Crippen molar-refractivity contribution in [1.29, 1.82) is 0 Å². The normalized spacial score (nSPS) is 20.9. The van der Waals surface area contributed by atoms with Crippen molar-refractivity contribution < 1.29 is 24.0 Å². The van der Waals surface area contributed by atoms with Crippen LogP contribution in [0.1, 0.15) is 26.2 Å². The first-order chi connectivity index (χ1) is 16.9. The van der Waals surface area contributed by atoms with Crippen molar-refractivity contribution in [2.45, 2.75) is 37.5 Å². The number of carbonyl (C=O) groups excluding carboxylic acids is 2. The summed E-state index contributed by atoms with van der Waals surface area (Å²) in [5, 5.41) is 13.5. The highest BCUT2D eigenvalue weighted by molar-refractivity contribution is 8.15. The Kier molecular flexibility index (Phi) is 7.98. The number of nitro groups is 1. The van der Waals surface area contributed by atoms with Crippen LogP contribution in [0.4, 0.5) is 17.1 Å². The Morgan fingerprint density at radius 2 is 2.11 bits per heavy atom. The second-order valence-corrected chi connectivity index (χ2v) is 9.24. The average molecular weight is 499 g/mol. The van der Waals surface area contributed by atoms with Gasteiger partial charge in [0.2, 0.25) is 11.8 Å². The fraction of sp³-hybridized carbons (Fsp3) is 0.375. The molecule has 10 nitrogen and oxygen atoms in total. The van der Waals surface area contributed by atoms with Crippen molar-refractivity contribution in [3.63, 3.8) is 0 Å². The molecule has 0 radical (unpaired) electrons. The SMILES string of the molecule is CCOc1ccc(N=C2SC(CC(=O)Nc3cccc([N+](=O)[O-])c3)C(=O)N2CC2CCCO2)cc1. The van der Waals surface area contributed by atoms with E-state index in [0.29, 0.717) is 36.3 Å². The fourth-order valence-corrected chi connectivity index (χ4v) is 5.02. The minimum absolute atomic E-state index is 0.0671. The van der Waals surface area contributed by atoms with Crippen LogP contribution in [0.25, 0.3) is 0 Å². The Hall–Kier alpha value is -3.44. The first kappa shape index (κ1) is 24.7. The number of nitro benzene ring substituents is 1. The number of nitrogens with zero attached hydrogens (tertiary/aromatic N) is 3. The number of amides is 2. The van der Waals surface area contributed by atoms with Gasteiger partial charge in [-0.15, -0.1) is 0 Å². The summed E-state index contributed by atoms with van der Waals surface area (Å²) in [6, 6.07) is 13.0. The molecule has 0 bridgehead atoms. The third-order valence-corrected chi connectivity index (χ3v) is 6.69. The molecule has 4 rings (SSSR count).